The molecule has 1 atom stereocenters. The van der Waals surface area contributed by atoms with E-state index in [0.717, 1.165) is 35.7 Å². The second kappa shape index (κ2) is 8.39. The second-order valence-corrected chi connectivity index (χ2v) is 7.00. The number of benzene rings is 1. The summed E-state index contributed by atoms with van der Waals surface area (Å²) in [5.74, 6) is 0. The fourth-order valence-corrected chi connectivity index (χ4v) is 2.08. The average molecular weight is 327 g/mol. The monoisotopic (exact) mass is 326 g/mol. The molecule has 0 saturated carbocycles. The highest BCUT2D eigenvalue weighted by Gasteiger charge is 2.17. The Labute approximate surface area is 138 Å². The molecule has 0 radical (unpaired) electrons. The first-order valence-corrected chi connectivity index (χ1v) is 8.00. The van der Waals surface area contributed by atoms with Gasteiger partial charge in [0.1, 0.15) is 5.60 Å². The van der Waals surface area contributed by atoms with Crippen LogP contribution in [0.5, 0.6) is 0 Å². The van der Waals surface area contributed by atoms with Gasteiger partial charge in [-0.2, -0.15) is 0 Å². The number of alkyl carbamates (subject to hydrolysis) is 1. The van der Waals surface area contributed by atoms with Crippen LogP contribution in [-0.4, -0.2) is 24.3 Å². The Kier molecular flexibility index (Phi) is 7.17. The fraction of sp³-hybridized carbons (Fsp3) is 0.588. The zero-order chi connectivity index (χ0) is 16.8. The van der Waals surface area contributed by atoms with Crippen molar-refractivity contribution < 1.29 is 9.53 Å². The van der Waals surface area contributed by atoms with E-state index in [-0.39, 0.29) is 12.1 Å². The van der Waals surface area contributed by atoms with Crippen LogP contribution in [0.4, 0.5) is 4.79 Å². The Balaban J connectivity index is 2.23. The van der Waals surface area contributed by atoms with Crippen molar-refractivity contribution in [1.82, 2.24) is 10.6 Å². The molecule has 0 aliphatic heterocycles. The lowest BCUT2D eigenvalue weighted by Crippen LogP contribution is -2.38. The molecule has 0 aromatic heterocycles. The molecule has 0 bridgehead atoms. The molecule has 0 spiro atoms. The molecule has 22 heavy (non-hydrogen) atoms. The number of nitrogens with one attached hydrogen (secondary N) is 2. The standard InChI is InChI=1S/C17H27ClN2O2/c1-12-6-7-14(10-15(12)18)11-19-9-8-13(2)20-16(21)22-17(3,4)5/h6-7,10,13,19H,8-9,11H2,1-5H3,(H,20,21). The number of rotatable bonds is 6. The first-order valence-electron chi connectivity index (χ1n) is 7.62. The highest BCUT2D eigenvalue weighted by molar-refractivity contribution is 6.31. The van der Waals surface area contributed by atoms with E-state index in [1.165, 1.54) is 0 Å². The minimum absolute atomic E-state index is 0.0592. The Morgan fingerprint density at radius 2 is 2.05 bits per heavy atom. The van der Waals surface area contributed by atoms with Crippen LogP contribution in [0.15, 0.2) is 18.2 Å². The van der Waals surface area contributed by atoms with E-state index >= 15 is 0 Å². The van der Waals surface area contributed by atoms with Crippen LogP contribution in [0, 0.1) is 6.92 Å². The Morgan fingerprint density at radius 1 is 1.36 bits per heavy atom. The summed E-state index contributed by atoms with van der Waals surface area (Å²) in [6.07, 6.45) is 0.462. The molecule has 1 rings (SSSR count). The molecule has 0 fully saturated rings. The number of aryl methyl sites for hydroxylation is 1. The predicted molar refractivity (Wildman–Crippen MR) is 91.3 cm³/mol. The summed E-state index contributed by atoms with van der Waals surface area (Å²) < 4.78 is 5.22. The van der Waals surface area contributed by atoms with Crippen molar-refractivity contribution in [3.05, 3.63) is 34.3 Å². The molecule has 2 N–H and O–H groups in total. The van der Waals surface area contributed by atoms with E-state index in [4.69, 9.17) is 16.3 Å². The maximum Gasteiger partial charge on any atom is 0.407 e. The summed E-state index contributed by atoms with van der Waals surface area (Å²) in [4.78, 5) is 11.6. The minimum Gasteiger partial charge on any atom is -0.444 e. The lowest BCUT2D eigenvalue weighted by atomic mass is 10.1. The van der Waals surface area contributed by atoms with Crippen LogP contribution >= 0.6 is 11.6 Å². The Bertz CT molecular complexity index is 498. The molecule has 1 amide bonds. The zero-order valence-electron chi connectivity index (χ0n) is 14.1. The molecule has 1 aromatic carbocycles. The molecular weight excluding hydrogens is 300 g/mol. The van der Waals surface area contributed by atoms with Gasteiger partial charge in [0.2, 0.25) is 0 Å². The lowest BCUT2D eigenvalue weighted by Gasteiger charge is -2.22. The van der Waals surface area contributed by atoms with Crippen molar-refractivity contribution in [2.24, 2.45) is 0 Å². The van der Waals surface area contributed by atoms with E-state index in [9.17, 15) is 4.79 Å². The molecule has 0 saturated heterocycles. The maximum atomic E-state index is 11.6. The van der Waals surface area contributed by atoms with E-state index in [0.29, 0.717) is 0 Å². The number of carbonyl (C=O) groups is 1. The minimum atomic E-state index is -0.466. The van der Waals surface area contributed by atoms with Crippen LogP contribution in [-0.2, 0) is 11.3 Å². The van der Waals surface area contributed by atoms with Crippen molar-refractivity contribution in [3.8, 4) is 0 Å². The summed E-state index contributed by atoms with van der Waals surface area (Å²) in [5, 5.41) is 6.97. The number of hydrogen-bond acceptors (Lipinski definition) is 3. The average Bonchev–Trinajstić information content (AvgIpc) is 2.36. The van der Waals surface area contributed by atoms with Gasteiger partial charge in [-0.05, 0) is 64.8 Å². The van der Waals surface area contributed by atoms with Gasteiger partial charge in [-0.25, -0.2) is 4.79 Å². The highest BCUT2D eigenvalue weighted by atomic mass is 35.5. The lowest BCUT2D eigenvalue weighted by molar-refractivity contribution is 0.0506. The van der Waals surface area contributed by atoms with Crippen molar-refractivity contribution >= 4 is 17.7 Å². The summed E-state index contributed by atoms with van der Waals surface area (Å²) in [5.41, 5.74) is 1.77. The quantitative estimate of drug-likeness (QED) is 0.776. The Hall–Kier alpha value is -1.26. The van der Waals surface area contributed by atoms with Gasteiger partial charge in [0.15, 0.2) is 0 Å². The van der Waals surface area contributed by atoms with Gasteiger partial charge in [0.05, 0.1) is 0 Å². The van der Waals surface area contributed by atoms with Crippen LogP contribution in [0.25, 0.3) is 0 Å². The molecule has 0 aliphatic rings. The summed E-state index contributed by atoms with van der Waals surface area (Å²) in [6, 6.07) is 6.12. The molecular formula is C17H27ClN2O2. The SMILES string of the molecule is Cc1ccc(CNCCC(C)NC(=O)OC(C)(C)C)cc1Cl. The van der Waals surface area contributed by atoms with Crippen molar-refractivity contribution in [2.45, 2.75) is 59.2 Å². The molecule has 0 heterocycles. The van der Waals surface area contributed by atoms with Gasteiger partial charge >= 0.3 is 6.09 Å². The summed E-state index contributed by atoms with van der Waals surface area (Å²) in [7, 11) is 0. The largest absolute Gasteiger partial charge is 0.444 e. The van der Waals surface area contributed by atoms with Crippen LogP contribution in [0.3, 0.4) is 0 Å². The number of hydrogen-bond donors (Lipinski definition) is 2. The Morgan fingerprint density at radius 3 is 2.64 bits per heavy atom. The van der Waals surface area contributed by atoms with Gasteiger partial charge in [0, 0.05) is 17.6 Å². The zero-order valence-corrected chi connectivity index (χ0v) is 14.9. The van der Waals surface area contributed by atoms with Crippen LogP contribution < -0.4 is 10.6 Å². The van der Waals surface area contributed by atoms with E-state index < -0.39 is 5.60 Å². The topological polar surface area (TPSA) is 50.4 Å². The van der Waals surface area contributed by atoms with Gasteiger partial charge in [-0.1, -0.05) is 23.7 Å². The number of halogens is 1. The number of ether oxygens (including phenoxy) is 1. The van der Waals surface area contributed by atoms with Gasteiger partial charge < -0.3 is 15.4 Å². The van der Waals surface area contributed by atoms with Gasteiger partial charge in [-0.3, -0.25) is 0 Å². The predicted octanol–water partition coefficient (Wildman–Crippen LogP) is 4.04. The number of carbonyl (C=O) groups excluding carboxylic acids is 1. The molecule has 5 heteroatoms. The highest BCUT2D eigenvalue weighted by Crippen LogP contribution is 2.16. The molecule has 124 valence electrons. The molecule has 0 aliphatic carbocycles. The second-order valence-electron chi connectivity index (χ2n) is 6.60. The van der Waals surface area contributed by atoms with Crippen molar-refractivity contribution in [2.75, 3.05) is 6.54 Å². The molecule has 4 nitrogen and oxygen atoms in total. The smallest absolute Gasteiger partial charge is 0.407 e. The van der Waals surface area contributed by atoms with Crippen molar-refractivity contribution in [3.63, 3.8) is 0 Å². The van der Waals surface area contributed by atoms with E-state index in [1.807, 2.05) is 46.8 Å². The maximum absolute atomic E-state index is 11.6. The molecule has 1 unspecified atom stereocenters. The molecule has 1 aromatic rings. The number of amides is 1. The first kappa shape index (κ1) is 18.8. The van der Waals surface area contributed by atoms with E-state index in [2.05, 4.69) is 16.7 Å². The van der Waals surface area contributed by atoms with Crippen molar-refractivity contribution in [1.29, 1.82) is 0 Å². The first-order chi connectivity index (χ1) is 10.2. The normalized spacial score (nSPS) is 12.8. The third kappa shape index (κ3) is 7.66. The fourth-order valence-electron chi connectivity index (χ4n) is 1.88. The third-order valence-electron chi connectivity index (χ3n) is 3.08. The van der Waals surface area contributed by atoms with Gasteiger partial charge in [0.25, 0.3) is 0 Å². The summed E-state index contributed by atoms with van der Waals surface area (Å²) in [6.45, 7) is 11.1. The van der Waals surface area contributed by atoms with Crippen LogP contribution in [0.2, 0.25) is 5.02 Å². The summed E-state index contributed by atoms with van der Waals surface area (Å²) >= 11 is 6.10. The van der Waals surface area contributed by atoms with E-state index in [1.54, 1.807) is 0 Å². The third-order valence-corrected chi connectivity index (χ3v) is 3.49. The van der Waals surface area contributed by atoms with Crippen LogP contribution in [0.1, 0.15) is 45.2 Å². The van der Waals surface area contributed by atoms with Gasteiger partial charge in [-0.15, -0.1) is 0 Å².